The summed E-state index contributed by atoms with van der Waals surface area (Å²) < 4.78 is 3.82. The van der Waals surface area contributed by atoms with E-state index in [1.807, 2.05) is 24.3 Å². The lowest BCUT2D eigenvalue weighted by Crippen LogP contribution is -2.43. The molecule has 12 heteroatoms. The van der Waals surface area contributed by atoms with Gasteiger partial charge in [0.25, 0.3) is 0 Å². The summed E-state index contributed by atoms with van der Waals surface area (Å²) in [5.41, 5.74) is 4.39. The Bertz CT molecular complexity index is 1230. The van der Waals surface area contributed by atoms with Crippen molar-refractivity contribution in [2.45, 2.75) is 55.2 Å². The zero-order valence-corrected chi connectivity index (χ0v) is 21.4. The predicted molar refractivity (Wildman–Crippen MR) is 136 cm³/mol. The van der Waals surface area contributed by atoms with Crippen LogP contribution in [-0.2, 0) is 16.1 Å². The molecule has 1 fully saturated rings. The fourth-order valence-corrected chi connectivity index (χ4v) is 5.72. The van der Waals surface area contributed by atoms with Gasteiger partial charge in [0.05, 0.1) is 6.54 Å². The summed E-state index contributed by atoms with van der Waals surface area (Å²) in [6.45, 7) is 0.550. The van der Waals surface area contributed by atoms with Crippen LogP contribution in [0.5, 0.6) is 0 Å². The van der Waals surface area contributed by atoms with Crippen LogP contribution in [0.3, 0.4) is 0 Å². The van der Waals surface area contributed by atoms with Crippen molar-refractivity contribution < 1.29 is 14.7 Å². The van der Waals surface area contributed by atoms with Gasteiger partial charge in [0, 0.05) is 27.7 Å². The summed E-state index contributed by atoms with van der Waals surface area (Å²) in [6.07, 6.45) is 6.91. The third-order valence-corrected chi connectivity index (χ3v) is 8.11. The van der Waals surface area contributed by atoms with Gasteiger partial charge in [-0.1, -0.05) is 28.1 Å². The summed E-state index contributed by atoms with van der Waals surface area (Å²) in [4.78, 5) is 52.2. The number of aliphatic carboxylic acids is 1. The number of benzene rings is 1. The van der Waals surface area contributed by atoms with Crippen molar-refractivity contribution in [3.05, 3.63) is 61.9 Å². The largest absolute Gasteiger partial charge is 0.480 e. The highest BCUT2D eigenvalue weighted by molar-refractivity contribution is 9.10. The van der Waals surface area contributed by atoms with Gasteiger partial charge in [-0.05, 0) is 55.9 Å². The number of carbonyl (C=O) groups is 2. The SMILES string of the molecule is NC1CCC(CNC(=O)C2C=CCn3c(=O)n(C(CSc4ccc(Br)cc4)C(=O)O)c(=O)n32)CC1. The average Bonchev–Trinajstić information content (AvgIpc) is 3.10. The normalized spacial score (nSPS) is 22.4. The van der Waals surface area contributed by atoms with Gasteiger partial charge in [0.15, 0.2) is 6.04 Å². The standard InChI is InChI=1S/C23H28BrN5O5S/c24-15-5-9-17(10-6-15)35-13-19(21(31)32)28-22(33)27-11-1-2-18(29(27)23(28)34)20(30)26-12-14-3-7-16(25)8-4-14/h1-2,5-6,9-10,14,16,18-19H,3-4,7-8,11-13,25H2,(H,26,30)(H,31,32). The van der Waals surface area contributed by atoms with E-state index < -0.39 is 35.3 Å². The second-order valence-electron chi connectivity index (χ2n) is 8.88. The minimum atomic E-state index is -1.38. The molecular weight excluding hydrogens is 538 g/mol. The van der Waals surface area contributed by atoms with E-state index in [0.29, 0.717) is 12.5 Å². The Balaban J connectivity index is 1.54. The fourth-order valence-electron chi connectivity index (χ4n) is 4.49. The Hall–Kier alpha value is -2.57. The number of hydrogen-bond acceptors (Lipinski definition) is 6. The van der Waals surface area contributed by atoms with Gasteiger partial charge in [0.1, 0.15) is 6.04 Å². The van der Waals surface area contributed by atoms with Crippen LogP contribution in [0.15, 0.2) is 55.4 Å². The molecule has 2 unspecified atom stereocenters. The van der Waals surface area contributed by atoms with Crippen LogP contribution in [0.1, 0.15) is 37.8 Å². The second-order valence-corrected chi connectivity index (χ2v) is 10.9. The van der Waals surface area contributed by atoms with E-state index in [9.17, 15) is 24.3 Å². The van der Waals surface area contributed by atoms with Crippen LogP contribution in [0.25, 0.3) is 0 Å². The molecule has 10 nitrogen and oxygen atoms in total. The van der Waals surface area contributed by atoms with Crippen LogP contribution in [-0.4, -0.2) is 49.3 Å². The molecule has 188 valence electrons. The molecule has 0 saturated heterocycles. The number of allylic oxidation sites excluding steroid dienone is 1. The number of fused-ring (bicyclic) bond motifs is 1. The van der Waals surface area contributed by atoms with Crippen LogP contribution in [0, 0.1) is 5.92 Å². The highest BCUT2D eigenvalue weighted by Crippen LogP contribution is 2.25. The first-order valence-electron chi connectivity index (χ1n) is 11.5. The van der Waals surface area contributed by atoms with Crippen molar-refractivity contribution in [3.8, 4) is 0 Å². The third kappa shape index (κ3) is 5.65. The lowest BCUT2D eigenvalue weighted by molar-refractivity contribution is -0.140. The van der Waals surface area contributed by atoms with E-state index in [1.165, 1.54) is 11.8 Å². The van der Waals surface area contributed by atoms with Gasteiger partial charge in [0.2, 0.25) is 5.91 Å². The summed E-state index contributed by atoms with van der Waals surface area (Å²) in [7, 11) is 0. The number of carboxylic acids is 1. The Morgan fingerprint density at radius 3 is 2.49 bits per heavy atom. The van der Waals surface area contributed by atoms with Crippen LogP contribution in [0.2, 0.25) is 0 Å². The summed E-state index contributed by atoms with van der Waals surface area (Å²) >= 11 is 4.58. The number of halogens is 1. The van der Waals surface area contributed by atoms with E-state index >= 15 is 0 Å². The minimum Gasteiger partial charge on any atom is -0.480 e. The molecule has 1 aliphatic carbocycles. The molecule has 1 saturated carbocycles. The third-order valence-electron chi connectivity index (χ3n) is 6.49. The number of carboxylic acid groups (broad SMARTS) is 1. The van der Waals surface area contributed by atoms with Gasteiger partial charge in [-0.3, -0.25) is 4.79 Å². The van der Waals surface area contributed by atoms with Crippen LogP contribution >= 0.6 is 27.7 Å². The fraction of sp³-hybridized carbons (Fsp3) is 0.478. The monoisotopic (exact) mass is 565 g/mol. The topological polar surface area (TPSA) is 141 Å². The van der Waals surface area contributed by atoms with E-state index in [-0.39, 0.29) is 18.3 Å². The van der Waals surface area contributed by atoms with E-state index in [0.717, 1.165) is 49.0 Å². The van der Waals surface area contributed by atoms with Gasteiger partial charge < -0.3 is 16.2 Å². The van der Waals surface area contributed by atoms with Crippen molar-refractivity contribution in [1.29, 1.82) is 0 Å². The number of aromatic nitrogens is 3. The first kappa shape index (κ1) is 25.5. The number of hydrogen-bond donors (Lipinski definition) is 3. The van der Waals surface area contributed by atoms with Crippen molar-refractivity contribution >= 4 is 39.6 Å². The molecule has 2 atom stereocenters. The van der Waals surface area contributed by atoms with Crippen molar-refractivity contribution in [2.24, 2.45) is 11.7 Å². The Kier molecular flexibility index (Phi) is 8.02. The van der Waals surface area contributed by atoms with Crippen molar-refractivity contribution in [1.82, 2.24) is 19.2 Å². The molecule has 1 aliphatic heterocycles. The van der Waals surface area contributed by atoms with Crippen molar-refractivity contribution in [2.75, 3.05) is 12.3 Å². The molecule has 2 aromatic rings. The summed E-state index contributed by atoms with van der Waals surface area (Å²) in [6, 6.07) is 5.09. The molecule has 1 aromatic carbocycles. The average molecular weight is 566 g/mol. The molecule has 2 aliphatic rings. The van der Waals surface area contributed by atoms with E-state index in [1.54, 1.807) is 12.2 Å². The Morgan fingerprint density at radius 1 is 1.14 bits per heavy atom. The lowest BCUT2D eigenvalue weighted by Gasteiger charge is -2.27. The Morgan fingerprint density at radius 2 is 1.83 bits per heavy atom. The van der Waals surface area contributed by atoms with E-state index in [4.69, 9.17) is 5.73 Å². The number of rotatable bonds is 8. The van der Waals surface area contributed by atoms with Gasteiger partial charge in [-0.25, -0.2) is 28.3 Å². The second kappa shape index (κ2) is 11.0. The predicted octanol–water partition coefficient (Wildman–Crippen LogP) is 1.74. The van der Waals surface area contributed by atoms with Gasteiger partial charge >= 0.3 is 17.3 Å². The number of nitrogens with two attached hydrogens (primary N) is 1. The maximum atomic E-state index is 13.3. The molecule has 1 aromatic heterocycles. The number of nitrogens with zero attached hydrogens (tertiary/aromatic N) is 3. The van der Waals surface area contributed by atoms with Crippen LogP contribution < -0.4 is 22.4 Å². The summed E-state index contributed by atoms with van der Waals surface area (Å²) in [5.74, 6) is -1.40. The molecule has 0 radical (unpaired) electrons. The van der Waals surface area contributed by atoms with Crippen molar-refractivity contribution in [3.63, 3.8) is 0 Å². The van der Waals surface area contributed by atoms with Crippen LogP contribution in [0.4, 0.5) is 0 Å². The number of thioether (sulfide) groups is 1. The van der Waals surface area contributed by atoms with Gasteiger partial charge in [-0.15, -0.1) is 11.8 Å². The molecule has 4 rings (SSSR count). The number of nitrogens with one attached hydrogen (secondary N) is 1. The zero-order valence-electron chi connectivity index (χ0n) is 19.0. The maximum absolute atomic E-state index is 13.3. The first-order chi connectivity index (χ1) is 16.8. The number of carbonyl (C=O) groups excluding carboxylic acids is 1. The van der Waals surface area contributed by atoms with E-state index in [2.05, 4.69) is 21.2 Å². The number of amides is 1. The highest BCUT2D eigenvalue weighted by atomic mass is 79.9. The van der Waals surface area contributed by atoms with Gasteiger partial charge in [-0.2, -0.15) is 0 Å². The highest BCUT2D eigenvalue weighted by Gasteiger charge is 2.33. The zero-order chi connectivity index (χ0) is 25.1. The molecule has 0 spiro atoms. The molecule has 1 amide bonds. The molecule has 2 heterocycles. The summed E-state index contributed by atoms with van der Waals surface area (Å²) in [5, 5.41) is 12.7. The quantitative estimate of drug-likeness (QED) is 0.327. The Labute approximate surface area is 214 Å². The molecule has 0 bridgehead atoms. The minimum absolute atomic E-state index is 0.0236. The first-order valence-corrected chi connectivity index (χ1v) is 13.3. The lowest BCUT2D eigenvalue weighted by atomic mass is 9.86. The molecular formula is C23H28BrN5O5S. The molecule has 4 N–H and O–H groups in total. The maximum Gasteiger partial charge on any atom is 0.349 e. The molecule has 35 heavy (non-hydrogen) atoms. The smallest absolute Gasteiger partial charge is 0.349 e.